The van der Waals surface area contributed by atoms with E-state index in [0.29, 0.717) is 12.8 Å². The molecule has 1 rings (SSSR count). The molecule has 2 atom stereocenters. The van der Waals surface area contributed by atoms with Crippen molar-refractivity contribution in [3.63, 3.8) is 0 Å². The summed E-state index contributed by atoms with van der Waals surface area (Å²) in [5, 5.41) is 8.63. The third-order valence-electron chi connectivity index (χ3n) is 3.18. The van der Waals surface area contributed by atoms with Crippen molar-refractivity contribution in [2.75, 3.05) is 0 Å². The van der Waals surface area contributed by atoms with Crippen LogP contribution in [0.3, 0.4) is 0 Å². The Labute approximate surface area is 95.0 Å². The average Bonchev–Trinajstić information content (AvgIpc) is 2.49. The van der Waals surface area contributed by atoms with E-state index in [2.05, 4.69) is 0 Å². The molecule has 0 aliphatic heterocycles. The molecule has 1 fully saturated rings. The SMILES string of the molecule is CC(C)C(=O)CC1CCC(CC(=O)O)C1=O. The molecule has 4 nitrogen and oxygen atoms in total. The number of ketones is 2. The van der Waals surface area contributed by atoms with Crippen molar-refractivity contribution in [1.82, 2.24) is 0 Å². The van der Waals surface area contributed by atoms with Crippen LogP contribution in [0.4, 0.5) is 0 Å². The Kier molecular flexibility index (Phi) is 4.21. The molecule has 1 aliphatic carbocycles. The van der Waals surface area contributed by atoms with Gasteiger partial charge in [-0.25, -0.2) is 0 Å². The summed E-state index contributed by atoms with van der Waals surface area (Å²) in [6, 6.07) is 0. The third-order valence-corrected chi connectivity index (χ3v) is 3.18. The number of aliphatic carboxylic acids is 1. The van der Waals surface area contributed by atoms with Crippen LogP contribution >= 0.6 is 0 Å². The fraction of sp³-hybridized carbons (Fsp3) is 0.750. The van der Waals surface area contributed by atoms with Crippen LogP contribution in [-0.4, -0.2) is 22.6 Å². The van der Waals surface area contributed by atoms with Crippen molar-refractivity contribution in [3.05, 3.63) is 0 Å². The van der Waals surface area contributed by atoms with Crippen LogP contribution in [0.15, 0.2) is 0 Å². The molecule has 16 heavy (non-hydrogen) atoms. The van der Waals surface area contributed by atoms with E-state index in [9.17, 15) is 14.4 Å². The maximum Gasteiger partial charge on any atom is 0.304 e. The van der Waals surface area contributed by atoms with E-state index < -0.39 is 5.97 Å². The number of hydrogen-bond acceptors (Lipinski definition) is 3. The Bertz CT molecular complexity index is 306. The van der Waals surface area contributed by atoms with Gasteiger partial charge in [0.25, 0.3) is 0 Å². The molecular weight excluding hydrogens is 208 g/mol. The zero-order valence-corrected chi connectivity index (χ0v) is 9.73. The largest absolute Gasteiger partial charge is 0.481 e. The van der Waals surface area contributed by atoms with Gasteiger partial charge in [-0.3, -0.25) is 14.4 Å². The van der Waals surface area contributed by atoms with Gasteiger partial charge in [-0.1, -0.05) is 13.8 Å². The summed E-state index contributed by atoms with van der Waals surface area (Å²) in [5.74, 6) is -1.53. The van der Waals surface area contributed by atoms with Crippen LogP contribution in [-0.2, 0) is 14.4 Å². The summed E-state index contributed by atoms with van der Waals surface area (Å²) in [5.41, 5.74) is 0. The van der Waals surface area contributed by atoms with E-state index in [1.54, 1.807) is 0 Å². The highest BCUT2D eigenvalue weighted by Crippen LogP contribution is 2.32. The Hall–Kier alpha value is -1.19. The molecule has 0 saturated heterocycles. The molecule has 1 aliphatic rings. The number of carboxylic acid groups (broad SMARTS) is 1. The normalized spacial score (nSPS) is 25.1. The van der Waals surface area contributed by atoms with E-state index in [0.717, 1.165) is 0 Å². The van der Waals surface area contributed by atoms with Crippen LogP contribution in [0.5, 0.6) is 0 Å². The molecule has 0 radical (unpaired) electrons. The lowest BCUT2D eigenvalue weighted by molar-refractivity contribution is -0.140. The van der Waals surface area contributed by atoms with Crippen LogP contribution in [0.25, 0.3) is 0 Å². The first kappa shape index (κ1) is 12.9. The van der Waals surface area contributed by atoms with Crippen LogP contribution in [0.2, 0.25) is 0 Å². The van der Waals surface area contributed by atoms with Gasteiger partial charge in [0.05, 0.1) is 6.42 Å². The maximum atomic E-state index is 11.8. The quantitative estimate of drug-likeness (QED) is 0.774. The van der Waals surface area contributed by atoms with Crippen LogP contribution < -0.4 is 0 Å². The monoisotopic (exact) mass is 226 g/mol. The molecule has 0 heterocycles. The highest BCUT2D eigenvalue weighted by molar-refractivity contribution is 5.92. The summed E-state index contributed by atoms with van der Waals surface area (Å²) in [6.45, 7) is 3.63. The van der Waals surface area contributed by atoms with Gasteiger partial charge in [0.15, 0.2) is 0 Å². The molecule has 0 amide bonds. The fourth-order valence-electron chi connectivity index (χ4n) is 2.11. The minimum absolute atomic E-state index is 0.0311. The van der Waals surface area contributed by atoms with Gasteiger partial charge in [-0.05, 0) is 12.8 Å². The predicted octanol–water partition coefficient (Wildman–Crippen LogP) is 1.67. The first-order chi connectivity index (χ1) is 7.41. The van der Waals surface area contributed by atoms with Crippen molar-refractivity contribution in [2.45, 2.75) is 39.5 Å². The van der Waals surface area contributed by atoms with Gasteiger partial charge in [-0.2, -0.15) is 0 Å². The van der Waals surface area contributed by atoms with Crippen molar-refractivity contribution in [1.29, 1.82) is 0 Å². The molecule has 0 bridgehead atoms. The molecular formula is C12H18O4. The summed E-state index contributed by atoms with van der Waals surface area (Å²) in [7, 11) is 0. The lowest BCUT2D eigenvalue weighted by Gasteiger charge is -2.10. The fourth-order valence-corrected chi connectivity index (χ4v) is 2.11. The van der Waals surface area contributed by atoms with E-state index in [1.807, 2.05) is 13.8 Å². The second-order valence-electron chi connectivity index (χ2n) is 4.80. The second-order valence-corrected chi connectivity index (χ2v) is 4.80. The van der Waals surface area contributed by atoms with Gasteiger partial charge < -0.3 is 5.11 Å². The minimum atomic E-state index is -0.936. The predicted molar refractivity (Wildman–Crippen MR) is 57.9 cm³/mol. The summed E-state index contributed by atoms with van der Waals surface area (Å²) >= 11 is 0. The van der Waals surface area contributed by atoms with Crippen molar-refractivity contribution < 1.29 is 19.5 Å². The number of Topliss-reactive ketones (excluding diaryl/α,β-unsaturated/α-hetero) is 2. The van der Waals surface area contributed by atoms with Gasteiger partial charge in [0.1, 0.15) is 11.6 Å². The van der Waals surface area contributed by atoms with Crippen LogP contribution in [0, 0.1) is 17.8 Å². The molecule has 4 heteroatoms. The zero-order valence-electron chi connectivity index (χ0n) is 9.73. The average molecular weight is 226 g/mol. The molecule has 90 valence electrons. The molecule has 0 spiro atoms. The van der Waals surface area contributed by atoms with Crippen molar-refractivity contribution in [2.24, 2.45) is 17.8 Å². The van der Waals surface area contributed by atoms with Crippen molar-refractivity contribution >= 4 is 17.5 Å². The molecule has 1 saturated carbocycles. The van der Waals surface area contributed by atoms with Gasteiger partial charge in [-0.15, -0.1) is 0 Å². The molecule has 0 aromatic rings. The molecule has 2 unspecified atom stereocenters. The lowest BCUT2D eigenvalue weighted by Crippen LogP contribution is -2.21. The van der Waals surface area contributed by atoms with Gasteiger partial charge in [0, 0.05) is 24.2 Å². The third kappa shape index (κ3) is 3.15. The van der Waals surface area contributed by atoms with Crippen LogP contribution in [0.1, 0.15) is 39.5 Å². The van der Waals surface area contributed by atoms with Crippen molar-refractivity contribution in [3.8, 4) is 0 Å². The number of carbonyl (C=O) groups excluding carboxylic acids is 2. The topological polar surface area (TPSA) is 71.4 Å². The first-order valence-corrected chi connectivity index (χ1v) is 5.70. The molecule has 1 N–H and O–H groups in total. The van der Waals surface area contributed by atoms with E-state index in [-0.39, 0.29) is 42.2 Å². The van der Waals surface area contributed by atoms with Gasteiger partial charge >= 0.3 is 5.97 Å². The summed E-state index contributed by atoms with van der Waals surface area (Å²) < 4.78 is 0. The minimum Gasteiger partial charge on any atom is -0.481 e. The smallest absolute Gasteiger partial charge is 0.304 e. The Balaban J connectivity index is 2.51. The lowest BCUT2D eigenvalue weighted by atomic mass is 9.93. The molecule has 0 aromatic heterocycles. The highest BCUT2D eigenvalue weighted by Gasteiger charge is 2.36. The zero-order chi connectivity index (χ0) is 12.3. The van der Waals surface area contributed by atoms with E-state index in [4.69, 9.17) is 5.11 Å². The standard InChI is InChI=1S/C12H18O4/c1-7(2)10(13)5-8-3-4-9(12(8)16)6-11(14)15/h7-9H,3-6H2,1-2H3,(H,14,15). The van der Waals surface area contributed by atoms with E-state index >= 15 is 0 Å². The number of hydrogen-bond donors (Lipinski definition) is 1. The maximum absolute atomic E-state index is 11.8. The number of carboxylic acids is 1. The Morgan fingerprint density at radius 3 is 2.19 bits per heavy atom. The first-order valence-electron chi connectivity index (χ1n) is 5.70. The molecule has 0 aromatic carbocycles. The summed E-state index contributed by atoms with van der Waals surface area (Å²) in [6.07, 6.45) is 1.47. The van der Waals surface area contributed by atoms with E-state index in [1.165, 1.54) is 0 Å². The highest BCUT2D eigenvalue weighted by atomic mass is 16.4. The van der Waals surface area contributed by atoms with Gasteiger partial charge in [0.2, 0.25) is 0 Å². The number of rotatable bonds is 5. The second kappa shape index (κ2) is 5.23. The Morgan fingerprint density at radius 2 is 1.75 bits per heavy atom. The number of carbonyl (C=O) groups is 3. The Morgan fingerprint density at radius 1 is 1.25 bits per heavy atom. The summed E-state index contributed by atoms with van der Waals surface area (Å²) in [4.78, 5) is 33.8.